The maximum Gasteiger partial charge on any atom is 0.338 e. The Morgan fingerprint density at radius 1 is 1.64 bits per heavy atom. The highest BCUT2D eigenvalue weighted by Gasteiger charge is 2.22. The van der Waals surface area contributed by atoms with Gasteiger partial charge in [0.15, 0.2) is 0 Å². The first-order valence-electron chi connectivity index (χ1n) is 4.29. The molecule has 0 bridgehead atoms. The van der Waals surface area contributed by atoms with Crippen molar-refractivity contribution in [2.45, 2.75) is 19.3 Å². The molecule has 0 aromatic carbocycles. The van der Waals surface area contributed by atoms with Gasteiger partial charge in [0.25, 0.3) is 0 Å². The van der Waals surface area contributed by atoms with Crippen LogP contribution in [-0.4, -0.2) is 24.8 Å². The molecule has 4 heteroatoms. The first kappa shape index (κ1) is 11.2. The highest BCUT2D eigenvalue weighted by molar-refractivity contribution is 7.10. The van der Waals surface area contributed by atoms with Crippen LogP contribution in [0.3, 0.4) is 0 Å². The fourth-order valence-electron chi connectivity index (χ4n) is 0.994. The number of thiophene rings is 1. The van der Waals surface area contributed by atoms with E-state index in [0.29, 0.717) is 5.56 Å². The summed E-state index contributed by atoms with van der Waals surface area (Å²) in [7, 11) is 1.36. The Morgan fingerprint density at radius 2 is 2.29 bits per heavy atom. The molecular weight excluding hydrogens is 200 g/mol. The van der Waals surface area contributed by atoms with Crippen molar-refractivity contribution in [3.8, 4) is 0 Å². The first-order chi connectivity index (χ1) is 6.51. The average Bonchev–Trinajstić information content (AvgIpc) is 2.66. The van der Waals surface area contributed by atoms with E-state index in [-0.39, 0.29) is 18.0 Å². The monoisotopic (exact) mass is 214 g/mol. The molecule has 1 rings (SSSR count). The van der Waals surface area contributed by atoms with Crippen molar-refractivity contribution in [3.63, 3.8) is 0 Å². The van der Waals surface area contributed by atoms with E-state index in [2.05, 4.69) is 4.74 Å². The number of methoxy groups -OCH3 is 1. The molecule has 1 heterocycles. The molecule has 0 fully saturated rings. The van der Waals surface area contributed by atoms with Gasteiger partial charge in [-0.05, 0) is 6.07 Å². The summed E-state index contributed by atoms with van der Waals surface area (Å²) in [5.74, 6) is -0.332. The average molecular weight is 214 g/mol. The third kappa shape index (κ3) is 2.13. The smallest absolute Gasteiger partial charge is 0.338 e. The van der Waals surface area contributed by atoms with Crippen LogP contribution in [0.2, 0.25) is 0 Å². The SMILES string of the molecule is COC(=O)c1csc(C(C)(C)CO)c1. The number of hydrogen-bond donors (Lipinski definition) is 1. The van der Waals surface area contributed by atoms with E-state index < -0.39 is 0 Å². The predicted molar refractivity (Wildman–Crippen MR) is 55.8 cm³/mol. The van der Waals surface area contributed by atoms with Gasteiger partial charge in [-0.3, -0.25) is 0 Å². The minimum atomic E-state index is -0.332. The van der Waals surface area contributed by atoms with Crippen molar-refractivity contribution in [2.75, 3.05) is 13.7 Å². The highest BCUT2D eigenvalue weighted by atomic mass is 32.1. The summed E-state index contributed by atoms with van der Waals surface area (Å²) in [6.45, 7) is 3.92. The number of ether oxygens (including phenoxy) is 1. The molecule has 0 atom stereocenters. The Balaban J connectivity index is 2.93. The second-order valence-corrected chi connectivity index (χ2v) is 4.64. The van der Waals surface area contributed by atoms with Crippen LogP contribution in [0.15, 0.2) is 11.4 Å². The van der Waals surface area contributed by atoms with Gasteiger partial charge in [-0.25, -0.2) is 4.79 Å². The standard InChI is InChI=1S/C10H14O3S/c1-10(2,6-11)8-4-7(5-14-8)9(12)13-3/h4-5,11H,6H2,1-3H3. The molecule has 0 saturated heterocycles. The fraction of sp³-hybridized carbons (Fsp3) is 0.500. The molecule has 78 valence electrons. The normalized spacial score (nSPS) is 11.4. The Hall–Kier alpha value is -0.870. The van der Waals surface area contributed by atoms with Crippen LogP contribution in [0.1, 0.15) is 29.1 Å². The van der Waals surface area contributed by atoms with E-state index in [1.807, 2.05) is 13.8 Å². The van der Waals surface area contributed by atoms with E-state index in [0.717, 1.165) is 4.88 Å². The lowest BCUT2D eigenvalue weighted by Gasteiger charge is -2.19. The number of aliphatic hydroxyl groups is 1. The number of rotatable bonds is 3. The molecule has 0 saturated carbocycles. The molecule has 0 aliphatic heterocycles. The maximum atomic E-state index is 11.2. The van der Waals surface area contributed by atoms with Gasteiger partial charge in [-0.1, -0.05) is 13.8 Å². The quantitative estimate of drug-likeness (QED) is 0.780. The number of esters is 1. The third-order valence-corrected chi connectivity index (χ3v) is 3.38. The van der Waals surface area contributed by atoms with Gasteiger partial charge in [0.1, 0.15) is 0 Å². The zero-order valence-electron chi connectivity index (χ0n) is 8.53. The van der Waals surface area contributed by atoms with Gasteiger partial charge in [0.05, 0.1) is 19.3 Å². The molecule has 0 aliphatic rings. The number of carbonyl (C=O) groups is 1. The van der Waals surface area contributed by atoms with Crippen LogP contribution in [0.4, 0.5) is 0 Å². The molecule has 3 nitrogen and oxygen atoms in total. The lowest BCUT2D eigenvalue weighted by Crippen LogP contribution is -2.20. The van der Waals surface area contributed by atoms with Gasteiger partial charge in [-0.15, -0.1) is 11.3 Å². The largest absolute Gasteiger partial charge is 0.465 e. The number of aliphatic hydroxyl groups excluding tert-OH is 1. The Labute approximate surface area is 87.3 Å². The molecule has 0 amide bonds. The summed E-state index contributed by atoms with van der Waals surface area (Å²) in [6, 6.07) is 1.77. The van der Waals surface area contributed by atoms with Crippen LogP contribution >= 0.6 is 11.3 Å². The van der Waals surface area contributed by atoms with Gasteiger partial charge in [0, 0.05) is 15.7 Å². The molecule has 0 spiro atoms. The second-order valence-electron chi connectivity index (χ2n) is 3.73. The van der Waals surface area contributed by atoms with E-state index in [1.165, 1.54) is 18.4 Å². The third-order valence-electron chi connectivity index (χ3n) is 2.08. The molecule has 0 aliphatic carbocycles. The van der Waals surface area contributed by atoms with Crippen molar-refractivity contribution < 1.29 is 14.6 Å². The van der Waals surface area contributed by atoms with Gasteiger partial charge in [-0.2, -0.15) is 0 Å². The van der Waals surface area contributed by atoms with Crippen molar-refractivity contribution in [3.05, 3.63) is 21.9 Å². The first-order valence-corrected chi connectivity index (χ1v) is 5.17. The minimum absolute atomic E-state index is 0.0636. The Kier molecular flexibility index (Phi) is 3.29. The summed E-state index contributed by atoms with van der Waals surface area (Å²) >= 11 is 1.46. The summed E-state index contributed by atoms with van der Waals surface area (Å²) in [5, 5.41) is 10.9. The van der Waals surface area contributed by atoms with E-state index in [9.17, 15) is 4.79 Å². The van der Waals surface area contributed by atoms with Crippen LogP contribution < -0.4 is 0 Å². The molecular formula is C10H14O3S. The van der Waals surface area contributed by atoms with Crippen LogP contribution in [-0.2, 0) is 10.2 Å². The van der Waals surface area contributed by atoms with Crippen molar-refractivity contribution in [2.24, 2.45) is 0 Å². The molecule has 0 unspecified atom stereocenters. The fourth-order valence-corrected chi connectivity index (χ4v) is 1.99. The highest BCUT2D eigenvalue weighted by Crippen LogP contribution is 2.29. The summed E-state index contributed by atoms with van der Waals surface area (Å²) in [4.78, 5) is 12.2. The second kappa shape index (κ2) is 4.11. The van der Waals surface area contributed by atoms with E-state index >= 15 is 0 Å². The molecule has 1 aromatic rings. The van der Waals surface area contributed by atoms with Crippen molar-refractivity contribution in [1.82, 2.24) is 0 Å². The topological polar surface area (TPSA) is 46.5 Å². The van der Waals surface area contributed by atoms with Crippen molar-refractivity contribution in [1.29, 1.82) is 0 Å². The summed E-state index contributed by atoms with van der Waals surface area (Å²) in [6.07, 6.45) is 0. The predicted octanol–water partition coefficient (Wildman–Crippen LogP) is 1.80. The maximum absolute atomic E-state index is 11.2. The van der Waals surface area contributed by atoms with Gasteiger partial charge in [0.2, 0.25) is 0 Å². The molecule has 0 radical (unpaired) electrons. The molecule has 1 aromatic heterocycles. The van der Waals surface area contributed by atoms with E-state index in [1.54, 1.807) is 11.4 Å². The van der Waals surface area contributed by atoms with E-state index in [4.69, 9.17) is 5.11 Å². The Morgan fingerprint density at radius 3 is 2.79 bits per heavy atom. The zero-order valence-corrected chi connectivity index (χ0v) is 9.35. The van der Waals surface area contributed by atoms with Crippen LogP contribution in [0.25, 0.3) is 0 Å². The number of carbonyl (C=O) groups excluding carboxylic acids is 1. The van der Waals surface area contributed by atoms with Crippen LogP contribution in [0.5, 0.6) is 0 Å². The summed E-state index contributed by atoms with van der Waals surface area (Å²) < 4.78 is 4.60. The molecule has 1 N–H and O–H groups in total. The number of hydrogen-bond acceptors (Lipinski definition) is 4. The lowest BCUT2D eigenvalue weighted by molar-refractivity contribution is 0.0601. The lowest BCUT2D eigenvalue weighted by atomic mass is 9.92. The minimum Gasteiger partial charge on any atom is -0.465 e. The van der Waals surface area contributed by atoms with Crippen molar-refractivity contribution >= 4 is 17.3 Å². The molecule has 14 heavy (non-hydrogen) atoms. The van der Waals surface area contributed by atoms with Crippen LogP contribution in [0, 0.1) is 0 Å². The summed E-state index contributed by atoms with van der Waals surface area (Å²) in [5.41, 5.74) is 0.255. The Bertz CT molecular complexity index is 328. The van der Waals surface area contributed by atoms with Gasteiger partial charge >= 0.3 is 5.97 Å². The zero-order chi connectivity index (χ0) is 10.8. The van der Waals surface area contributed by atoms with Gasteiger partial charge < -0.3 is 9.84 Å².